The van der Waals surface area contributed by atoms with Crippen LogP contribution in [-0.2, 0) is 14.3 Å². The smallest absolute Gasteiger partial charge is 0.321 e. The molecule has 32 heavy (non-hydrogen) atoms. The molecule has 1 atom stereocenters. The first-order valence-corrected chi connectivity index (χ1v) is 12.3. The van der Waals surface area contributed by atoms with Gasteiger partial charge in [0.25, 0.3) is 0 Å². The molecule has 4 aliphatic carbocycles. The minimum Gasteiger partial charge on any atom is -0.454 e. The van der Waals surface area contributed by atoms with Crippen LogP contribution in [0.2, 0.25) is 0 Å². The second kappa shape index (κ2) is 8.53. The molecule has 1 heterocycles. The van der Waals surface area contributed by atoms with Gasteiger partial charge in [-0.3, -0.25) is 9.59 Å². The van der Waals surface area contributed by atoms with Crippen LogP contribution in [0.3, 0.4) is 0 Å². The van der Waals surface area contributed by atoms with Crippen LogP contribution < -0.4 is 5.32 Å². The maximum atomic E-state index is 13.4. The van der Waals surface area contributed by atoms with Gasteiger partial charge in [-0.25, -0.2) is 4.79 Å². The molecule has 0 unspecified atom stereocenters. The monoisotopic (exact) mass is 438 g/mol. The number of para-hydroxylation sites is 1. The first kappa shape index (κ1) is 21.5. The van der Waals surface area contributed by atoms with Crippen molar-refractivity contribution in [1.82, 2.24) is 4.90 Å². The fourth-order valence-electron chi connectivity index (χ4n) is 7.21. The van der Waals surface area contributed by atoms with Gasteiger partial charge in [-0.1, -0.05) is 18.2 Å². The highest BCUT2D eigenvalue weighted by Crippen LogP contribution is 2.60. The molecule has 1 aromatic rings. The van der Waals surface area contributed by atoms with E-state index in [0.717, 1.165) is 24.9 Å². The summed E-state index contributed by atoms with van der Waals surface area (Å²) in [6, 6.07) is 9.22. The lowest BCUT2D eigenvalue weighted by Crippen LogP contribution is -2.53. The van der Waals surface area contributed by atoms with Crippen LogP contribution in [-0.4, -0.2) is 41.9 Å². The van der Waals surface area contributed by atoms with Gasteiger partial charge in [0.2, 0.25) is 0 Å². The summed E-state index contributed by atoms with van der Waals surface area (Å²) < 4.78 is 5.72. The number of esters is 1. The van der Waals surface area contributed by atoms with Crippen molar-refractivity contribution in [3.8, 4) is 0 Å². The molecule has 4 saturated carbocycles. The summed E-state index contributed by atoms with van der Waals surface area (Å²) in [6.07, 6.45) is 7.32. The Bertz CT molecular complexity index is 840. The zero-order chi connectivity index (χ0) is 22.3. The Labute approximate surface area is 190 Å². The van der Waals surface area contributed by atoms with Crippen molar-refractivity contribution in [2.75, 3.05) is 18.4 Å². The lowest BCUT2D eigenvalue weighted by Gasteiger charge is -2.56. The number of carbonyl (C=O) groups excluding carboxylic acids is 3. The number of ketones is 1. The van der Waals surface area contributed by atoms with Crippen LogP contribution in [0, 0.1) is 29.1 Å². The predicted molar refractivity (Wildman–Crippen MR) is 121 cm³/mol. The minimum atomic E-state index is -0.668. The van der Waals surface area contributed by atoms with Crippen molar-refractivity contribution >= 4 is 23.5 Å². The van der Waals surface area contributed by atoms with E-state index < -0.39 is 6.10 Å². The van der Waals surface area contributed by atoms with Gasteiger partial charge in [-0.05, 0) is 88.2 Å². The number of rotatable bonds is 5. The highest BCUT2D eigenvalue weighted by molar-refractivity contribution is 5.91. The van der Waals surface area contributed by atoms with E-state index in [1.165, 1.54) is 19.3 Å². The molecule has 1 aliphatic heterocycles. The van der Waals surface area contributed by atoms with Crippen LogP contribution in [0.4, 0.5) is 10.5 Å². The van der Waals surface area contributed by atoms with Gasteiger partial charge in [-0.15, -0.1) is 0 Å². The molecule has 6 rings (SSSR count). The molecule has 0 radical (unpaired) electrons. The average Bonchev–Trinajstić information content (AvgIpc) is 2.78. The number of amides is 2. The molecule has 0 spiro atoms. The maximum Gasteiger partial charge on any atom is 0.321 e. The van der Waals surface area contributed by atoms with E-state index in [1.54, 1.807) is 11.8 Å². The van der Waals surface area contributed by atoms with E-state index in [2.05, 4.69) is 5.32 Å². The third kappa shape index (κ3) is 4.16. The van der Waals surface area contributed by atoms with E-state index in [1.807, 2.05) is 30.3 Å². The molecule has 2 amide bonds. The SMILES string of the molecule is C[C@H](OC(=O)C1CCN(C(=O)Nc2ccccc2)CC1)C(=O)C12CC3CC(CC(C3)C1)C2. The highest BCUT2D eigenvalue weighted by atomic mass is 16.5. The van der Waals surface area contributed by atoms with Crippen molar-refractivity contribution in [3.63, 3.8) is 0 Å². The van der Waals surface area contributed by atoms with E-state index in [9.17, 15) is 14.4 Å². The molecule has 6 nitrogen and oxygen atoms in total. The predicted octanol–water partition coefficient (Wildman–Crippen LogP) is 4.65. The Morgan fingerprint density at radius 3 is 2.09 bits per heavy atom. The molecule has 4 bridgehead atoms. The topological polar surface area (TPSA) is 75.7 Å². The summed E-state index contributed by atoms with van der Waals surface area (Å²) in [5.74, 6) is 1.71. The molecular weight excluding hydrogens is 404 g/mol. The third-order valence-electron chi connectivity index (χ3n) is 8.36. The molecule has 6 heteroatoms. The van der Waals surface area contributed by atoms with Gasteiger partial charge >= 0.3 is 12.0 Å². The number of anilines is 1. The second-order valence-electron chi connectivity index (χ2n) is 10.7. The van der Waals surface area contributed by atoms with Gasteiger partial charge in [0.15, 0.2) is 11.9 Å². The molecule has 172 valence electrons. The highest BCUT2D eigenvalue weighted by Gasteiger charge is 2.55. The lowest BCUT2D eigenvalue weighted by atomic mass is 9.48. The Morgan fingerprint density at radius 1 is 0.969 bits per heavy atom. The minimum absolute atomic E-state index is 0.145. The summed E-state index contributed by atoms with van der Waals surface area (Å²) >= 11 is 0. The molecule has 5 fully saturated rings. The van der Waals surface area contributed by atoms with Crippen molar-refractivity contribution < 1.29 is 19.1 Å². The Hall–Kier alpha value is -2.37. The Balaban J connectivity index is 1.12. The zero-order valence-electron chi connectivity index (χ0n) is 18.9. The van der Waals surface area contributed by atoms with E-state index in [4.69, 9.17) is 4.74 Å². The van der Waals surface area contributed by atoms with Crippen molar-refractivity contribution in [2.24, 2.45) is 29.1 Å². The fourth-order valence-corrected chi connectivity index (χ4v) is 7.21. The van der Waals surface area contributed by atoms with Gasteiger partial charge in [0, 0.05) is 24.2 Å². The van der Waals surface area contributed by atoms with Gasteiger partial charge in [0.05, 0.1) is 5.92 Å². The van der Waals surface area contributed by atoms with Crippen LogP contribution in [0.25, 0.3) is 0 Å². The Kier molecular flexibility index (Phi) is 5.72. The molecular formula is C26H34N2O4. The number of urea groups is 1. The molecule has 1 aromatic carbocycles. The second-order valence-corrected chi connectivity index (χ2v) is 10.7. The zero-order valence-corrected chi connectivity index (χ0v) is 18.9. The van der Waals surface area contributed by atoms with Gasteiger partial charge in [0.1, 0.15) is 0 Å². The summed E-state index contributed by atoms with van der Waals surface area (Å²) in [5.41, 5.74) is 0.518. The van der Waals surface area contributed by atoms with E-state index in [-0.39, 0.29) is 29.1 Å². The number of piperidine rings is 1. The summed E-state index contributed by atoms with van der Waals surface area (Å²) in [5, 5.41) is 2.89. The van der Waals surface area contributed by atoms with Gasteiger partial charge < -0.3 is 15.0 Å². The molecule has 1 N–H and O–H groups in total. The molecule has 5 aliphatic rings. The van der Waals surface area contributed by atoms with E-state index in [0.29, 0.717) is 43.7 Å². The van der Waals surface area contributed by atoms with Crippen molar-refractivity contribution in [1.29, 1.82) is 0 Å². The number of likely N-dealkylation sites (tertiary alicyclic amines) is 1. The average molecular weight is 439 g/mol. The lowest BCUT2D eigenvalue weighted by molar-refractivity contribution is -0.168. The first-order valence-electron chi connectivity index (χ1n) is 12.3. The first-order chi connectivity index (χ1) is 15.4. The molecule has 0 aromatic heterocycles. The van der Waals surface area contributed by atoms with E-state index >= 15 is 0 Å². The number of benzene rings is 1. The number of Topliss-reactive ketones (excluding diaryl/α,β-unsaturated/α-hetero) is 1. The normalized spacial score (nSPS) is 32.4. The maximum absolute atomic E-state index is 13.4. The van der Waals surface area contributed by atoms with Crippen molar-refractivity contribution in [3.05, 3.63) is 30.3 Å². The standard InChI is InChI=1S/C26H34N2O4/c1-17(23(29)26-14-18-11-19(15-26)13-20(12-18)16-26)32-24(30)21-7-9-28(10-8-21)25(31)27-22-5-3-2-4-6-22/h2-6,17-21H,7-16H2,1H3,(H,27,31)/t17-,18?,19?,20?,26?/m0/s1. The quantitative estimate of drug-likeness (QED) is 0.679. The number of nitrogens with zero attached hydrogens (tertiary/aromatic N) is 1. The number of hydrogen-bond acceptors (Lipinski definition) is 4. The van der Waals surface area contributed by atoms with Crippen LogP contribution in [0.15, 0.2) is 30.3 Å². The van der Waals surface area contributed by atoms with Crippen molar-refractivity contribution in [2.45, 2.75) is 64.4 Å². The summed E-state index contributed by atoms with van der Waals surface area (Å²) in [4.78, 5) is 40.4. The largest absolute Gasteiger partial charge is 0.454 e. The molecule has 1 saturated heterocycles. The third-order valence-corrected chi connectivity index (χ3v) is 8.36. The van der Waals surface area contributed by atoms with Crippen LogP contribution >= 0.6 is 0 Å². The number of nitrogens with one attached hydrogen (secondary N) is 1. The Morgan fingerprint density at radius 2 is 1.53 bits per heavy atom. The number of hydrogen-bond donors (Lipinski definition) is 1. The van der Waals surface area contributed by atoms with Crippen LogP contribution in [0.1, 0.15) is 58.3 Å². The number of carbonyl (C=O) groups is 3. The number of ether oxygens (including phenoxy) is 1. The fraction of sp³-hybridized carbons (Fsp3) is 0.654. The van der Waals surface area contributed by atoms with Gasteiger partial charge in [-0.2, -0.15) is 0 Å². The van der Waals surface area contributed by atoms with Crippen LogP contribution in [0.5, 0.6) is 0 Å². The summed E-state index contributed by atoms with van der Waals surface area (Å²) in [7, 11) is 0. The summed E-state index contributed by atoms with van der Waals surface area (Å²) in [6.45, 7) is 2.78.